The molecule has 0 saturated carbocycles. The fraction of sp³-hybridized carbons (Fsp3) is 0. The van der Waals surface area contributed by atoms with Crippen LogP contribution in [0, 0.1) is 19.1 Å². The Morgan fingerprint density at radius 3 is 0.545 bits per heavy atom. The van der Waals surface area contributed by atoms with Gasteiger partial charge >= 0.3 is 70.4 Å². The number of aromatic nitrogens is 8. The number of hydrogen-bond donors (Lipinski definition) is 8. The van der Waals surface area contributed by atoms with E-state index in [4.69, 9.17) is 0 Å². The molecule has 0 spiro atoms. The van der Waals surface area contributed by atoms with E-state index in [1.54, 1.807) is 0 Å². The molecule has 4 heterocycles. The number of hydrogen-bond acceptors (Lipinski definition) is 0. The van der Waals surface area contributed by atoms with Gasteiger partial charge < -0.3 is 0 Å². The molecule has 0 aliphatic rings. The van der Waals surface area contributed by atoms with Crippen LogP contribution < -0.4 is 0 Å². The van der Waals surface area contributed by atoms with Crippen LogP contribution in [0.1, 0.15) is 0 Å². The Labute approximate surface area is 296 Å². The van der Waals surface area contributed by atoms with E-state index in [9.17, 15) is 0 Å². The van der Waals surface area contributed by atoms with Gasteiger partial charge in [0.05, 0.1) is 44.1 Å². The quantitative estimate of drug-likeness (QED) is 0.0335. The van der Waals surface area contributed by atoms with Gasteiger partial charge in [0.1, 0.15) is 0 Å². The Morgan fingerprint density at radius 2 is 0.432 bits per heavy atom. The maximum Gasteiger partial charge on any atom is 0.369 e. The number of thiol groups is 4. The third-order valence-corrected chi connectivity index (χ3v) is 6.63. The first-order valence-corrected chi connectivity index (χ1v) is 37.1. The summed E-state index contributed by atoms with van der Waals surface area (Å²) in [7, 11) is 0. The number of H-pyrrole nitrogens is 8. The van der Waals surface area contributed by atoms with Crippen molar-refractivity contribution in [2.75, 3.05) is 0 Å². The van der Waals surface area contributed by atoms with Crippen molar-refractivity contribution >= 4 is 144 Å². The van der Waals surface area contributed by atoms with Gasteiger partial charge in [0, 0.05) is 0 Å². The van der Waals surface area contributed by atoms with Gasteiger partial charge in [0.15, 0.2) is 0 Å². The van der Waals surface area contributed by atoms with E-state index >= 15 is 0 Å². The van der Waals surface area contributed by atoms with Crippen LogP contribution in [0.5, 0.6) is 0 Å². The van der Waals surface area contributed by atoms with Crippen molar-refractivity contribution in [2.45, 2.75) is 0 Å². The molecule has 8 rings (SSSR count). The largest absolute Gasteiger partial charge is 0.369 e. The van der Waals surface area contributed by atoms with Crippen molar-refractivity contribution in [3.8, 4) is 0 Å². The van der Waals surface area contributed by atoms with Gasteiger partial charge in [0.2, 0.25) is 48.9 Å². The number of imidazole rings is 4. The van der Waals surface area contributed by atoms with Crippen LogP contribution in [-0.4, -0.2) is 54.6 Å². The average molecular weight is 1050 g/mol. The second kappa shape index (κ2) is 17.6. The normalized spacial score (nSPS) is 10.3. The van der Waals surface area contributed by atoms with Crippen LogP contribution in [0.2, 0.25) is 0 Å². The summed E-state index contributed by atoms with van der Waals surface area (Å²) in [5, 5.41) is 0. The molecule has 0 fully saturated rings. The Balaban J connectivity index is 0.000000129. The number of halogens is 3. The SMILES string of the molecule is [Br][Bi]([Br])[Br].[SH+]=c1[nH]c2ccccc2[nH]1.[SH+]=c1[nH]c2ccccc2[nH]1.[SH+]=c1[nH]c2ccccc2[nH]1.[SH+]=c1[nH]c2ccccc2[nH]1. The molecule has 0 aliphatic carbocycles. The summed E-state index contributed by atoms with van der Waals surface area (Å²) in [5.41, 5.74) is 8.72. The maximum atomic E-state index is 4.13. The molecule has 8 nitrogen and oxygen atoms in total. The molecule has 8 aromatic rings. The zero-order chi connectivity index (χ0) is 31.5. The van der Waals surface area contributed by atoms with Crippen molar-refractivity contribution in [2.24, 2.45) is 0 Å². The van der Waals surface area contributed by atoms with Gasteiger partial charge in [-0.3, -0.25) is 39.9 Å². The fourth-order valence-electron chi connectivity index (χ4n) is 3.95. The van der Waals surface area contributed by atoms with Crippen LogP contribution in [-0.2, 0) is 48.9 Å². The predicted octanol–water partition coefficient (Wildman–Crippen LogP) is 7.38. The van der Waals surface area contributed by atoms with E-state index in [2.05, 4.69) is 125 Å². The summed E-state index contributed by atoms with van der Waals surface area (Å²) in [6, 6.07) is 31.9. The van der Waals surface area contributed by atoms with Crippen LogP contribution in [0.3, 0.4) is 0 Å². The van der Waals surface area contributed by atoms with Gasteiger partial charge in [-0.2, -0.15) is 0 Å². The molecular weight excluding hydrogens is 1030 g/mol. The minimum Gasteiger partial charge on any atom is -0.291 e. The van der Waals surface area contributed by atoms with Crippen molar-refractivity contribution < 1.29 is 0 Å². The van der Waals surface area contributed by atoms with Gasteiger partial charge in [-0.1, -0.05) is 48.5 Å². The third-order valence-electron chi connectivity index (χ3n) is 5.73. The summed E-state index contributed by atoms with van der Waals surface area (Å²) in [4.78, 5) is 24.5. The topological polar surface area (TPSA) is 126 Å². The number of para-hydroxylation sites is 8. The molecule has 0 saturated heterocycles. The molecular formula is C28H28BiBr3N8S4+4. The second-order valence-electron chi connectivity index (χ2n) is 8.77. The van der Waals surface area contributed by atoms with E-state index in [0.29, 0.717) is 0 Å². The van der Waals surface area contributed by atoms with Gasteiger partial charge in [0.25, 0.3) is 0 Å². The van der Waals surface area contributed by atoms with E-state index < -0.39 is 14.7 Å². The Hall–Kier alpha value is -2.04. The molecule has 0 unspecified atom stereocenters. The summed E-state index contributed by atoms with van der Waals surface area (Å²) >= 11 is 25.3. The summed E-state index contributed by atoms with van der Waals surface area (Å²) in [6.45, 7) is 0. The molecule has 0 bridgehead atoms. The maximum absolute atomic E-state index is 4.13. The molecule has 0 amide bonds. The number of aromatic amines is 8. The van der Waals surface area contributed by atoms with Crippen molar-refractivity contribution in [1.82, 2.24) is 39.9 Å². The van der Waals surface area contributed by atoms with Crippen molar-refractivity contribution in [3.63, 3.8) is 0 Å². The number of rotatable bonds is 0. The summed E-state index contributed by atoms with van der Waals surface area (Å²) in [5.74, 6) is 0. The Morgan fingerprint density at radius 1 is 0.318 bits per heavy atom. The molecule has 44 heavy (non-hydrogen) atoms. The van der Waals surface area contributed by atoms with E-state index in [1.807, 2.05) is 97.1 Å². The molecule has 16 heteroatoms. The number of benzene rings is 4. The summed E-state index contributed by atoms with van der Waals surface area (Å²) < 4.78 is 3.17. The van der Waals surface area contributed by atoms with Gasteiger partial charge in [-0.15, -0.1) is 0 Å². The summed E-state index contributed by atoms with van der Waals surface area (Å²) in [6.07, 6.45) is 0. The van der Waals surface area contributed by atoms with Crippen LogP contribution >= 0.6 is 36.7 Å². The molecule has 4 aromatic heterocycles. The van der Waals surface area contributed by atoms with Gasteiger partial charge in [-0.05, 0) is 48.5 Å². The van der Waals surface area contributed by atoms with E-state index in [0.717, 1.165) is 63.2 Å². The molecule has 0 atom stereocenters. The predicted molar refractivity (Wildman–Crippen MR) is 211 cm³/mol. The molecule has 8 N–H and O–H groups in total. The van der Waals surface area contributed by atoms with Crippen LogP contribution in [0.15, 0.2) is 97.1 Å². The Kier molecular flexibility index (Phi) is 13.9. The minimum atomic E-state index is -1.16. The number of fused-ring (bicyclic) bond motifs is 4. The van der Waals surface area contributed by atoms with Crippen molar-refractivity contribution in [1.29, 1.82) is 0 Å². The standard InChI is InChI=1S/4C7H6N2S.Bi.3BrH/c4*10-7-8-5-3-1-2-4-6(5)9-7;;;;/h4*1-4H,(H2,8,9,10);;3*1H/q;;;;+3;;;/p+1. The Bertz CT molecular complexity index is 1840. The first-order chi connectivity index (χ1) is 21.2. The first kappa shape index (κ1) is 34.8. The number of nitrogens with one attached hydrogen (secondary N) is 8. The molecule has 0 radical (unpaired) electrons. The third kappa shape index (κ3) is 11.1. The molecule has 4 aromatic carbocycles. The monoisotopic (exact) mass is 1050 g/mol. The van der Waals surface area contributed by atoms with Gasteiger partial charge in [-0.25, -0.2) is 0 Å². The van der Waals surface area contributed by atoms with E-state index in [-0.39, 0.29) is 0 Å². The fourth-order valence-corrected chi connectivity index (χ4v) is 4.91. The van der Waals surface area contributed by atoms with E-state index in [1.165, 1.54) is 0 Å². The second-order valence-corrected chi connectivity index (χ2v) is 55.8. The molecule has 0 aliphatic heterocycles. The molecule has 226 valence electrons. The average Bonchev–Trinajstić information content (AvgIpc) is 3.75. The van der Waals surface area contributed by atoms with Crippen molar-refractivity contribution in [3.05, 3.63) is 116 Å². The smallest absolute Gasteiger partial charge is 0.291 e. The van der Waals surface area contributed by atoms with Crippen LogP contribution in [0.25, 0.3) is 44.1 Å². The van der Waals surface area contributed by atoms with Crippen LogP contribution in [0.4, 0.5) is 0 Å². The minimum absolute atomic E-state index is 0.793. The zero-order valence-electron chi connectivity index (χ0n) is 22.6. The first-order valence-electron chi connectivity index (χ1n) is 12.7. The zero-order valence-corrected chi connectivity index (χ0v) is 34.4.